The second-order valence-corrected chi connectivity index (χ2v) is 13.7. The lowest BCUT2D eigenvalue weighted by molar-refractivity contribution is -0.139. The summed E-state index contributed by atoms with van der Waals surface area (Å²) in [5.41, 5.74) is 0.0897. The second-order valence-electron chi connectivity index (χ2n) is 13.7. The number of hydrogen-bond acceptors (Lipinski definition) is 3. The number of rotatable bonds is 2. The summed E-state index contributed by atoms with van der Waals surface area (Å²) in [6.45, 7) is 0. The maximum Gasteiger partial charge on any atom is 0.416 e. The fourth-order valence-electron chi connectivity index (χ4n) is 10.6. The molecular weight excluding hydrogens is 578 g/mol. The second kappa shape index (κ2) is 10.7. The van der Waals surface area contributed by atoms with Gasteiger partial charge in [0, 0.05) is 29.4 Å². The van der Waals surface area contributed by atoms with Gasteiger partial charge in [0.15, 0.2) is 0 Å². The molecule has 0 radical (unpaired) electrons. The first kappa shape index (κ1) is 29.6. The molecule has 10 atom stereocenters. The summed E-state index contributed by atoms with van der Waals surface area (Å²) in [5.74, 6) is -0.818. The first-order valence-electron chi connectivity index (χ1n) is 15.8. The van der Waals surface area contributed by atoms with Crippen molar-refractivity contribution in [2.45, 2.75) is 75.6 Å². The molecule has 2 aromatic rings. The molecule has 10 unspecified atom stereocenters. The highest BCUT2D eigenvalue weighted by Crippen LogP contribution is 2.64. The van der Waals surface area contributed by atoms with Gasteiger partial charge in [-0.15, -0.1) is 0 Å². The van der Waals surface area contributed by atoms with Crippen LogP contribution in [0.4, 0.5) is 26.3 Å². The molecule has 5 aliphatic rings. The van der Waals surface area contributed by atoms with E-state index in [-0.39, 0.29) is 76.1 Å². The van der Waals surface area contributed by atoms with Gasteiger partial charge in [0.2, 0.25) is 6.19 Å². The van der Waals surface area contributed by atoms with Gasteiger partial charge in [0.1, 0.15) is 5.78 Å². The first-order valence-corrected chi connectivity index (χ1v) is 15.8. The molecule has 0 heterocycles. The molecule has 0 aliphatic heterocycles. The van der Waals surface area contributed by atoms with E-state index < -0.39 is 23.5 Å². The van der Waals surface area contributed by atoms with Gasteiger partial charge in [-0.2, -0.15) is 36.6 Å². The Morgan fingerprint density at radius 3 is 1.75 bits per heavy atom. The van der Waals surface area contributed by atoms with Crippen molar-refractivity contribution in [3.05, 3.63) is 70.8 Å². The van der Waals surface area contributed by atoms with Crippen molar-refractivity contribution in [2.24, 2.45) is 52.3 Å². The minimum absolute atomic E-state index is 0.0105. The Kier molecular flexibility index (Phi) is 7.21. The average molecular weight is 613 g/mol. The van der Waals surface area contributed by atoms with Crippen LogP contribution in [0.2, 0.25) is 0 Å². The molecule has 0 amide bonds. The smallest absolute Gasteiger partial charge is 0.299 e. The van der Waals surface area contributed by atoms with Crippen molar-refractivity contribution in [1.82, 2.24) is 0 Å². The van der Waals surface area contributed by atoms with Crippen molar-refractivity contribution in [1.29, 1.82) is 5.26 Å². The standard InChI is InChI=1S/C35H34F6N2O/c36-34(37,38)28-7-3-1-5-20(28)18-10-12-24-26(15-18)32(43-17-42)25-14-13-23-22-11-9-19(16-27(22)33(44)31(23)30(24)25)21-6-2-4-8-29(21)35(39,40)41/h1-8,18-19,22-27,30-31H,9-16H2. The average Bonchev–Trinajstić information content (AvgIpc) is 3.47. The Labute approximate surface area is 252 Å². The number of nitriles is 1. The van der Waals surface area contributed by atoms with Crippen LogP contribution in [0.1, 0.15) is 85.5 Å². The summed E-state index contributed by atoms with van der Waals surface area (Å²) in [6.07, 6.45) is -1.88. The van der Waals surface area contributed by atoms with Gasteiger partial charge in [-0.3, -0.25) is 4.79 Å². The Balaban J connectivity index is 1.17. The molecule has 5 aliphatic carbocycles. The number of benzene rings is 2. The highest BCUT2D eigenvalue weighted by molar-refractivity contribution is 5.95. The molecule has 0 spiro atoms. The molecule has 232 valence electrons. The number of nitrogens with zero attached hydrogens (tertiary/aromatic N) is 2. The van der Waals surface area contributed by atoms with E-state index in [4.69, 9.17) is 0 Å². The van der Waals surface area contributed by atoms with Crippen molar-refractivity contribution in [2.75, 3.05) is 0 Å². The normalized spacial score (nSPS) is 37.6. The van der Waals surface area contributed by atoms with E-state index in [1.165, 1.54) is 12.1 Å². The molecule has 5 saturated carbocycles. The van der Waals surface area contributed by atoms with Crippen LogP contribution in [-0.4, -0.2) is 11.5 Å². The Hall–Kier alpha value is -3.15. The van der Waals surface area contributed by atoms with Crippen LogP contribution in [0.15, 0.2) is 53.5 Å². The molecule has 0 saturated heterocycles. The number of halogens is 6. The maximum absolute atomic E-state index is 14.3. The maximum atomic E-state index is 14.3. The largest absolute Gasteiger partial charge is 0.416 e. The number of aliphatic imine (C=N–C) groups is 1. The summed E-state index contributed by atoms with van der Waals surface area (Å²) in [7, 11) is 0. The number of hydrogen-bond donors (Lipinski definition) is 0. The number of ketones is 1. The molecule has 2 aromatic carbocycles. The molecule has 0 aromatic heterocycles. The lowest BCUT2D eigenvalue weighted by atomic mass is 9.62. The van der Waals surface area contributed by atoms with Gasteiger partial charge >= 0.3 is 12.4 Å². The monoisotopic (exact) mass is 612 g/mol. The van der Waals surface area contributed by atoms with Crippen molar-refractivity contribution < 1.29 is 31.1 Å². The number of alkyl halides is 6. The highest BCUT2D eigenvalue weighted by atomic mass is 19.4. The van der Waals surface area contributed by atoms with Crippen LogP contribution in [0, 0.1) is 58.8 Å². The van der Waals surface area contributed by atoms with Crippen LogP contribution in [0.5, 0.6) is 0 Å². The van der Waals surface area contributed by atoms with Gasteiger partial charge in [-0.1, -0.05) is 36.4 Å². The zero-order valence-electron chi connectivity index (χ0n) is 24.1. The Morgan fingerprint density at radius 2 is 1.18 bits per heavy atom. The predicted molar refractivity (Wildman–Crippen MR) is 151 cm³/mol. The fourth-order valence-corrected chi connectivity index (χ4v) is 10.6. The number of carbonyl (C=O) groups is 1. The van der Waals surface area contributed by atoms with E-state index in [0.29, 0.717) is 32.1 Å². The molecule has 9 heteroatoms. The minimum Gasteiger partial charge on any atom is -0.299 e. The van der Waals surface area contributed by atoms with E-state index >= 15 is 0 Å². The van der Waals surface area contributed by atoms with E-state index in [9.17, 15) is 36.4 Å². The van der Waals surface area contributed by atoms with Crippen molar-refractivity contribution in [3.8, 4) is 6.19 Å². The van der Waals surface area contributed by atoms with Crippen LogP contribution >= 0.6 is 0 Å². The van der Waals surface area contributed by atoms with Crippen molar-refractivity contribution in [3.63, 3.8) is 0 Å². The van der Waals surface area contributed by atoms with Gasteiger partial charge in [0.05, 0.1) is 11.1 Å². The summed E-state index contributed by atoms with van der Waals surface area (Å²) >= 11 is 0. The summed E-state index contributed by atoms with van der Waals surface area (Å²) in [5, 5.41) is 9.63. The molecule has 7 rings (SSSR count). The third-order valence-electron chi connectivity index (χ3n) is 12.0. The number of fused-ring (bicyclic) bond motifs is 7. The predicted octanol–water partition coefficient (Wildman–Crippen LogP) is 9.20. The van der Waals surface area contributed by atoms with Gasteiger partial charge in [-0.05, 0) is 110 Å². The van der Waals surface area contributed by atoms with Crippen LogP contribution in [0.3, 0.4) is 0 Å². The van der Waals surface area contributed by atoms with E-state index in [1.54, 1.807) is 24.3 Å². The molecule has 3 nitrogen and oxygen atoms in total. The quantitative estimate of drug-likeness (QED) is 0.251. The SMILES string of the molecule is N#CN=C1C2CC(c3ccccc3C(F)(F)F)CCC2C2C1CCC1C3CCC(c4ccccc4C(F)(F)F)CC3C(=O)C12. The topological polar surface area (TPSA) is 53.2 Å². The summed E-state index contributed by atoms with van der Waals surface area (Å²) < 4.78 is 83.3. The zero-order valence-corrected chi connectivity index (χ0v) is 24.1. The molecule has 0 N–H and O–H groups in total. The molecule has 44 heavy (non-hydrogen) atoms. The van der Waals surface area contributed by atoms with Crippen LogP contribution in [-0.2, 0) is 17.1 Å². The fraction of sp³-hybridized carbons (Fsp3) is 0.571. The lowest BCUT2D eigenvalue weighted by Gasteiger charge is -2.42. The van der Waals surface area contributed by atoms with Crippen molar-refractivity contribution >= 4 is 11.5 Å². The zero-order chi connectivity index (χ0) is 31.0. The van der Waals surface area contributed by atoms with Crippen LogP contribution < -0.4 is 0 Å². The first-order chi connectivity index (χ1) is 21.0. The number of carbonyl (C=O) groups excluding carboxylic acids is 1. The Morgan fingerprint density at radius 1 is 0.659 bits per heavy atom. The van der Waals surface area contributed by atoms with Gasteiger partial charge in [-0.25, -0.2) is 0 Å². The molecule has 5 fully saturated rings. The highest BCUT2D eigenvalue weighted by Gasteiger charge is 2.63. The molecular formula is C35H34F6N2O. The van der Waals surface area contributed by atoms with E-state index in [0.717, 1.165) is 37.1 Å². The summed E-state index contributed by atoms with van der Waals surface area (Å²) in [6, 6.07) is 11.5. The van der Waals surface area contributed by atoms with E-state index in [1.807, 2.05) is 6.19 Å². The summed E-state index contributed by atoms with van der Waals surface area (Å²) in [4.78, 5) is 18.6. The minimum atomic E-state index is -4.46. The lowest BCUT2D eigenvalue weighted by Crippen LogP contribution is -2.38. The Bertz CT molecular complexity index is 1520. The van der Waals surface area contributed by atoms with Crippen LogP contribution in [0.25, 0.3) is 0 Å². The third-order valence-corrected chi connectivity index (χ3v) is 12.0. The van der Waals surface area contributed by atoms with E-state index in [2.05, 4.69) is 4.99 Å². The van der Waals surface area contributed by atoms with Gasteiger partial charge in [0.25, 0.3) is 0 Å². The number of Topliss-reactive ketones (excluding diaryl/α,β-unsaturated/α-hetero) is 1. The molecule has 0 bridgehead atoms. The third kappa shape index (κ3) is 4.70. The van der Waals surface area contributed by atoms with Gasteiger partial charge < -0.3 is 0 Å².